The number of rotatable bonds is 10. The largest absolute Gasteiger partial charge is 0.368 e. The lowest BCUT2D eigenvalue weighted by molar-refractivity contribution is -0.140. The van der Waals surface area contributed by atoms with Gasteiger partial charge in [0.1, 0.15) is 17.8 Å². The lowest BCUT2D eigenvalue weighted by Gasteiger charge is -2.23. The maximum absolute atomic E-state index is 12.9. The van der Waals surface area contributed by atoms with Gasteiger partial charge in [0, 0.05) is 12.4 Å². The molecule has 11 heteroatoms. The number of nitrogens with one attached hydrogen (secondary N) is 2. The van der Waals surface area contributed by atoms with Gasteiger partial charge in [-0.1, -0.05) is 48.5 Å². The number of imidazole rings is 2. The van der Waals surface area contributed by atoms with Crippen molar-refractivity contribution in [3.63, 3.8) is 0 Å². The molecule has 2 aromatic carbocycles. The molecule has 4 aromatic rings. The molecule has 2 aromatic heterocycles. The standard InChI is InChI=1S/C30H32N6O3S2/c1-40-18-35(30(38)27-3-2-12-39-27)15-28-31-13-24(33-28)22-8-4-20(5-9-22)21-6-10-23(11-7-21)25-14-32-29(34-25)26-16-41-19-36(26)17-37/h4-11,13-14,17,26-27H,2-3,12,15-16,18-19H2,1H3,(H,31,33)(H,32,34)/t26-,27+/m0/s1. The molecule has 2 aliphatic heterocycles. The van der Waals surface area contributed by atoms with Crippen molar-refractivity contribution < 1.29 is 14.3 Å². The number of carbonyl (C=O) groups excluding carboxylic acids is 2. The number of hydrogen-bond donors (Lipinski definition) is 2. The fraction of sp³-hybridized carbons (Fsp3) is 0.333. The van der Waals surface area contributed by atoms with Gasteiger partial charge in [-0.05, 0) is 41.4 Å². The molecule has 0 bridgehead atoms. The number of nitrogens with zero attached hydrogens (tertiary/aromatic N) is 4. The van der Waals surface area contributed by atoms with Crippen molar-refractivity contribution >= 4 is 35.8 Å². The van der Waals surface area contributed by atoms with E-state index >= 15 is 0 Å². The second kappa shape index (κ2) is 12.5. The molecule has 2 aliphatic rings. The highest BCUT2D eigenvalue weighted by Crippen LogP contribution is 2.32. The van der Waals surface area contributed by atoms with Crippen LogP contribution in [0.3, 0.4) is 0 Å². The van der Waals surface area contributed by atoms with Crippen molar-refractivity contribution in [3.8, 4) is 33.6 Å². The van der Waals surface area contributed by atoms with Crippen LogP contribution in [0.4, 0.5) is 0 Å². The number of carbonyl (C=O) groups is 2. The van der Waals surface area contributed by atoms with E-state index in [0.29, 0.717) is 24.9 Å². The van der Waals surface area contributed by atoms with E-state index in [2.05, 4.69) is 68.5 Å². The summed E-state index contributed by atoms with van der Waals surface area (Å²) in [5.41, 5.74) is 6.16. The van der Waals surface area contributed by atoms with Crippen molar-refractivity contribution in [2.45, 2.75) is 31.5 Å². The SMILES string of the molecule is CSCN(Cc1ncc(-c2ccc(-c3ccc(-c4cnc([C@@H]5CSCN5C=O)[nH]4)cc3)cc2)[nH]1)C(=O)[C@H]1CCCO1. The smallest absolute Gasteiger partial charge is 0.252 e. The van der Waals surface area contributed by atoms with Gasteiger partial charge in [0.05, 0.1) is 48.1 Å². The Balaban J connectivity index is 1.11. The van der Waals surface area contributed by atoms with Crippen molar-refractivity contribution in [2.75, 3.05) is 30.4 Å². The van der Waals surface area contributed by atoms with E-state index in [1.165, 1.54) is 0 Å². The summed E-state index contributed by atoms with van der Waals surface area (Å²) in [4.78, 5) is 43.7. The Labute approximate surface area is 247 Å². The predicted molar refractivity (Wildman–Crippen MR) is 163 cm³/mol. The number of H-pyrrole nitrogens is 2. The zero-order chi connectivity index (χ0) is 28.2. The Morgan fingerprint density at radius 3 is 2.34 bits per heavy atom. The van der Waals surface area contributed by atoms with E-state index < -0.39 is 0 Å². The summed E-state index contributed by atoms with van der Waals surface area (Å²) < 4.78 is 5.61. The lowest BCUT2D eigenvalue weighted by Crippen LogP contribution is -2.38. The number of thioether (sulfide) groups is 2. The zero-order valence-corrected chi connectivity index (χ0v) is 24.4. The second-order valence-corrected chi connectivity index (χ2v) is 12.0. The topological polar surface area (TPSA) is 107 Å². The van der Waals surface area contributed by atoms with Gasteiger partial charge >= 0.3 is 0 Å². The van der Waals surface area contributed by atoms with Gasteiger partial charge in [0.15, 0.2) is 0 Å². The molecule has 212 valence electrons. The Morgan fingerprint density at radius 2 is 1.71 bits per heavy atom. The first-order valence-corrected chi connectivity index (χ1v) is 16.2. The summed E-state index contributed by atoms with van der Waals surface area (Å²) in [6, 6.07) is 16.7. The van der Waals surface area contributed by atoms with Crippen LogP contribution in [0.2, 0.25) is 0 Å². The van der Waals surface area contributed by atoms with Gasteiger partial charge < -0.3 is 24.5 Å². The molecule has 0 aliphatic carbocycles. The molecule has 4 heterocycles. The third-order valence-corrected chi connectivity index (χ3v) is 9.06. The first-order valence-electron chi connectivity index (χ1n) is 13.6. The molecular weight excluding hydrogens is 557 g/mol. The maximum atomic E-state index is 12.9. The van der Waals surface area contributed by atoms with Crippen LogP contribution >= 0.6 is 23.5 Å². The fourth-order valence-electron chi connectivity index (χ4n) is 5.22. The molecule has 0 radical (unpaired) electrons. The molecular formula is C30H32N6O3S2. The van der Waals surface area contributed by atoms with Crippen LogP contribution in [-0.2, 0) is 20.9 Å². The minimum absolute atomic E-state index is 0.00159. The summed E-state index contributed by atoms with van der Waals surface area (Å²) in [6.07, 6.45) is 7.93. The van der Waals surface area contributed by atoms with Crippen LogP contribution in [0.15, 0.2) is 60.9 Å². The second-order valence-electron chi connectivity index (χ2n) is 10.2. The van der Waals surface area contributed by atoms with Crippen LogP contribution in [-0.4, -0.2) is 78.5 Å². The molecule has 0 saturated carbocycles. The van der Waals surface area contributed by atoms with Crippen molar-refractivity contribution in [1.29, 1.82) is 0 Å². The van der Waals surface area contributed by atoms with Gasteiger partial charge in [0.25, 0.3) is 5.91 Å². The Morgan fingerprint density at radius 1 is 1.05 bits per heavy atom. The average molecular weight is 589 g/mol. The monoisotopic (exact) mass is 588 g/mol. The van der Waals surface area contributed by atoms with Crippen LogP contribution in [0.25, 0.3) is 33.6 Å². The minimum Gasteiger partial charge on any atom is -0.368 e. The van der Waals surface area contributed by atoms with Crippen molar-refractivity contribution in [3.05, 3.63) is 72.6 Å². The quantitative estimate of drug-likeness (QED) is 0.195. The number of benzene rings is 2. The lowest BCUT2D eigenvalue weighted by atomic mass is 10.0. The summed E-state index contributed by atoms with van der Waals surface area (Å²) in [6.45, 7) is 1.08. The van der Waals surface area contributed by atoms with E-state index in [1.807, 2.05) is 23.5 Å². The normalized spacial score (nSPS) is 18.6. The van der Waals surface area contributed by atoms with Gasteiger partial charge in [-0.15, -0.1) is 23.5 Å². The number of hydrogen-bond acceptors (Lipinski definition) is 7. The molecule has 0 unspecified atom stereocenters. The number of aromatic nitrogens is 4. The molecule has 2 atom stereocenters. The minimum atomic E-state index is -0.333. The molecule has 0 spiro atoms. The van der Waals surface area contributed by atoms with E-state index in [1.54, 1.807) is 28.4 Å². The molecule has 6 rings (SSSR count). The molecule has 2 N–H and O–H groups in total. The highest BCUT2D eigenvalue weighted by molar-refractivity contribution is 7.99. The summed E-state index contributed by atoms with van der Waals surface area (Å²) in [7, 11) is 0. The van der Waals surface area contributed by atoms with Crippen molar-refractivity contribution in [2.24, 2.45) is 0 Å². The van der Waals surface area contributed by atoms with E-state index in [9.17, 15) is 9.59 Å². The average Bonchev–Trinajstić information content (AvgIpc) is 3.84. The Hall–Kier alpha value is -3.54. The molecule has 9 nitrogen and oxygen atoms in total. The van der Waals surface area contributed by atoms with Gasteiger partial charge in [-0.2, -0.15) is 0 Å². The first-order chi connectivity index (χ1) is 20.1. The van der Waals surface area contributed by atoms with Crippen LogP contribution in [0, 0.1) is 0 Å². The van der Waals surface area contributed by atoms with Crippen LogP contribution < -0.4 is 0 Å². The summed E-state index contributed by atoms with van der Waals surface area (Å²) in [5, 5.41) is 0. The van der Waals surface area contributed by atoms with Gasteiger partial charge in [-0.25, -0.2) is 9.97 Å². The fourth-order valence-corrected chi connectivity index (χ4v) is 6.88. The first kappa shape index (κ1) is 27.6. The summed E-state index contributed by atoms with van der Waals surface area (Å²) >= 11 is 3.35. The van der Waals surface area contributed by atoms with Gasteiger partial charge in [-0.3, -0.25) is 9.59 Å². The molecule has 41 heavy (non-hydrogen) atoms. The summed E-state index contributed by atoms with van der Waals surface area (Å²) in [5.74, 6) is 3.77. The molecule has 2 saturated heterocycles. The third-order valence-electron chi connectivity index (χ3n) is 7.46. The highest BCUT2D eigenvalue weighted by Gasteiger charge is 2.29. The van der Waals surface area contributed by atoms with Crippen molar-refractivity contribution in [1.82, 2.24) is 29.7 Å². The van der Waals surface area contributed by atoms with E-state index in [-0.39, 0.29) is 18.1 Å². The molecule has 2 amide bonds. The number of amides is 2. The van der Waals surface area contributed by atoms with E-state index in [0.717, 1.165) is 70.3 Å². The Kier molecular flexibility index (Phi) is 8.45. The predicted octanol–water partition coefficient (Wildman–Crippen LogP) is 5.17. The number of aromatic amines is 2. The number of ether oxygens (including phenoxy) is 1. The Bertz CT molecular complexity index is 1480. The van der Waals surface area contributed by atoms with Crippen LogP contribution in [0.1, 0.15) is 30.5 Å². The third kappa shape index (κ3) is 6.07. The van der Waals surface area contributed by atoms with Gasteiger partial charge in [0.2, 0.25) is 6.41 Å². The van der Waals surface area contributed by atoms with E-state index in [4.69, 9.17) is 4.74 Å². The zero-order valence-electron chi connectivity index (χ0n) is 22.8. The molecule has 2 fully saturated rings. The van der Waals surface area contributed by atoms with Crippen LogP contribution in [0.5, 0.6) is 0 Å². The highest BCUT2D eigenvalue weighted by atomic mass is 32.2. The maximum Gasteiger partial charge on any atom is 0.252 e.